The van der Waals surface area contributed by atoms with Crippen LogP contribution in [0.15, 0.2) is 12.1 Å². The molecule has 2 heterocycles. The van der Waals surface area contributed by atoms with Gasteiger partial charge >= 0.3 is 0 Å². The second-order valence-corrected chi connectivity index (χ2v) is 7.32. The van der Waals surface area contributed by atoms with E-state index in [1.165, 1.54) is 22.6 Å². The number of hydrogen-bond donors (Lipinski definition) is 2. The number of carbonyl (C=O) groups excluding carboxylic acids is 1. The van der Waals surface area contributed by atoms with Crippen molar-refractivity contribution in [2.45, 2.75) is 33.2 Å². The lowest BCUT2D eigenvalue weighted by atomic mass is 9.99. The lowest BCUT2D eigenvalue weighted by molar-refractivity contribution is -0.119. The lowest BCUT2D eigenvalue weighted by Gasteiger charge is -2.30. The van der Waals surface area contributed by atoms with Crippen molar-refractivity contribution in [1.29, 1.82) is 0 Å². The summed E-state index contributed by atoms with van der Waals surface area (Å²) in [6.45, 7) is 9.79. The summed E-state index contributed by atoms with van der Waals surface area (Å²) < 4.78 is 0. The maximum absolute atomic E-state index is 11.0. The summed E-state index contributed by atoms with van der Waals surface area (Å²) in [5.41, 5.74) is 0. The van der Waals surface area contributed by atoms with Gasteiger partial charge in [-0.25, -0.2) is 0 Å². The molecular formula is C16H28ClN3OS. The Morgan fingerprint density at radius 2 is 2.32 bits per heavy atom. The number of thiophene rings is 1. The third-order valence-corrected chi connectivity index (χ3v) is 4.88. The summed E-state index contributed by atoms with van der Waals surface area (Å²) in [6, 6.07) is 4.42. The number of halogens is 1. The highest BCUT2D eigenvalue weighted by atomic mass is 35.5. The number of aryl methyl sites for hydroxylation is 1. The Morgan fingerprint density at radius 1 is 1.50 bits per heavy atom. The molecule has 1 aromatic heterocycles. The van der Waals surface area contributed by atoms with E-state index in [0.29, 0.717) is 0 Å². The molecule has 0 aliphatic carbocycles. The van der Waals surface area contributed by atoms with Gasteiger partial charge in [0.1, 0.15) is 0 Å². The molecule has 0 bridgehead atoms. The van der Waals surface area contributed by atoms with Crippen LogP contribution < -0.4 is 10.6 Å². The van der Waals surface area contributed by atoms with E-state index in [-0.39, 0.29) is 18.3 Å². The van der Waals surface area contributed by atoms with Gasteiger partial charge in [0.15, 0.2) is 0 Å². The van der Waals surface area contributed by atoms with E-state index < -0.39 is 0 Å². The first-order chi connectivity index (χ1) is 10.1. The highest BCUT2D eigenvalue weighted by Crippen LogP contribution is 2.19. The third-order valence-electron chi connectivity index (χ3n) is 3.89. The Balaban J connectivity index is 0.00000242. The molecule has 1 amide bonds. The van der Waals surface area contributed by atoms with Crippen molar-refractivity contribution >= 4 is 29.7 Å². The van der Waals surface area contributed by atoms with Crippen LogP contribution in [0.25, 0.3) is 0 Å². The molecule has 1 atom stereocenters. The highest BCUT2D eigenvalue weighted by molar-refractivity contribution is 7.11. The van der Waals surface area contributed by atoms with Crippen molar-refractivity contribution in [2.75, 3.05) is 32.7 Å². The molecule has 0 spiro atoms. The van der Waals surface area contributed by atoms with Gasteiger partial charge in [0.2, 0.25) is 5.91 Å². The van der Waals surface area contributed by atoms with E-state index in [0.717, 1.165) is 45.2 Å². The lowest BCUT2D eigenvalue weighted by Crippen LogP contribution is -2.40. The Bertz CT molecular complexity index is 446. The molecule has 22 heavy (non-hydrogen) atoms. The fourth-order valence-corrected chi connectivity index (χ4v) is 3.79. The van der Waals surface area contributed by atoms with Crippen LogP contribution in [0.3, 0.4) is 0 Å². The third kappa shape index (κ3) is 7.09. The zero-order valence-electron chi connectivity index (χ0n) is 13.6. The van der Waals surface area contributed by atoms with Crippen LogP contribution in [-0.4, -0.2) is 43.5 Å². The molecule has 126 valence electrons. The van der Waals surface area contributed by atoms with Crippen LogP contribution in [0.1, 0.15) is 29.5 Å². The quantitative estimate of drug-likeness (QED) is 0.797. The average Bonchev–Trinajstić information content (AvgIpc) is 2.85. The average molecular weight is 346 g/mol. The molecule has 4 nitrogen and oxygen atoms in total. The van der Waals surface area contributed by atoms with E-state index >= 15 is 0 Å². The van der Waals surface area contributed by atoms with Crippen molar-refractivity contribution in [3.63, 3.8) is 0 Å². The number of piperidine rings is 1. The molecule has 1 saturated heterocycles. The number of hydrogen-bond acceptors (Lipinski definition) is 4. The number of rotatable bonds is 7. The van der Waals surface area contributed by atoms with Gasteiger partial charge in [0.05, 0.1) is 0 Å². The Kier molecular flexibility index (Phi) is 9.02. The molecule has 0 radical (unpaired) electrons. The highest BCUT2D eigenvalue weighted by Gasteiger charge is 2.17. The summed E-state index contributed by atoms with van der Waals surface area (Å²) >= 11 is 1.87. The van der Waals surface area contributed by atoms with Crippen LogP contribution >= 0.6 is 23.7 Å². The molecule has 1 aliphatic heterocycles. The van der Waals surface area contributed by atoms with Crippen LogP contribution in [0, 0.1) is 12.8 Å². The van der Waals surface area contributed by atoms with Gasteiger partial charge in [-0.2, -0.15) is 0 Å². The number of nitrogens with one attached hydrogen (secondary N) is 2. The van der Waals surface area contributed by atoms with Gasteiger partial charge in [-0.1, -0.05) is 0 Å². The summed E-state index contributed by atoms with van der Waals surface area (Å²) in [6.07, 6.45) is 2.59. The van der Waals surface area contributed by atoms with Crippen molar-refractivity contribution < 1.29 is 4.79 Å². The summed E-state index contributed by atoms with van der Waals surface area (Å²) in [4.78, 5) is 16.3. The standard InChI is InChI=1S/C16H27N3OS.ClH/c1-13-5-6-16(21-13)12-19(9-8-18-14(2)20)11-15-4-3-7-17-10-15;/h5-6,15,17H,3-4,7-12H2,1-2H3,(H,18,20);1H. The van der Waals surface area contributed by atoms with Gasteiger partial charge in [-0.05, 0) is 50.9 Å². The molecule has 1 aliphatic rings. The van der Waals surface area contributed by atoms with Gasteiger partial charge in [-0.3, -0.25) is 9.69 Å². The molecule has 1 unspecified atom stereocenters. The maximum Gasteiger partial charge on any atom is 0.216 e. The minimum atomic E-state index is 0. The van der Waals surface area contributed by atoms with Crippen molar-refractivity contribution in [2.24, 2.45) is 5.92 Å². The largest absolute Gasteiger partial charge is 0.355 e. The number of carbonyl (C=O) groups is 1. The zero-order valence-corrected chi connectivity index (χ0v) is 15.2. The van der Waals surface area contributed by atoms with Crippen molar-refractivity contribution in [3.05, 3.63) is 21.9 Å². The molecule has 1 fully saturated rings. The Morgan fingerprint density at radius 3 is 2.91 bits per heavy atom. The zero-order chi connectivity index (χ0) is 15.1. The smallest absolute Gasteiger partial charge is 0.216 e. The Labute approximate surface area is 144 Å². The first-order valence-electron chi connectivity index (χ1n) is 7.86. The number of nitrogens with zero attached hydrogens (tertiary/aromatic N) is 1. The number of amides is 1. The van der Waals surface area contributed by atoms with Crippen molar-refractivity contribution in [3.8, 4) is 0 Å². The summed E-state index contributed by atoms with van der Waals surface area (Å²) in [7, 11) is 0. The SMILES string of the molecule is CC(=O)NCCN(Cc1ccc(C)s1)CC1CCCNC1.Cl. The van der Waals surface area contributed by atoms with Gasteiger partial charge in [0, 0.05) is 42.9 Å². The van der Waals surface area contributed by atoms with E-state index in [2.05, 4.69) is 34.6 Å². The van der Waals surface area contributed by atoms with E-state index in [1.54, 1.807) is 6.92 Å². The predicted molar refractivity (Wildman–Crippen MR) is 95.9 cm³/mol. The first kappa shape index (κ1) is 19.4. The topological polar surface area (TPSA) is 44.4 Å². The monoisotopic (exact) mass is 345 g/mol. The molecule has 6 heteroatoms. The molecular weight excluding hydrogens is 318 g/mol. The van der Waals surface area contributed by atoms with Gasteiger partial charge in [-0.15, -0.1) is 23.7 Å². The van der Waals surface area contributed by atoms with Crippen molar-refractivity contribution in [1.82, 2.24) is 15.5 Å². The minimum Gasteiger partial charge on any atom is -0.355 e. The van der Waals surface area contributed by atoms with E-state index in [4.69, 9.17) is 0 Å². The fourth-order valence-electron chi connectivity index (χ4n) is 2.86. The molecule has 2 rings (SSSR count). The Hall–Kier alpha value is -0.620. The minimum absolute atomic E-state index is 0. The van der Waals surface area contributed by atoms with Crippen LogP contribution in [-0.2, 0) is 11.3 Å². The fraction of sp³-hybridized carbons (Fsp3) is 0.688. The molecule has 0 saturated carbocycles. The van der Waals surface area contributed by atoms with E-state index in [9.17, 15) is 4.79 Å². The summed E-state index contributed by atoms with van der Waals surface area (Å²) in [5, 5.41) is 6.40. The second kappa shape index (κ2) is 10.2. The van der Waals surface area contributed by atoms with Gasteiger partial charge in [0.25, 0.3) is 0 Å². The van der Waals surface area contributed by atoms with Crippen LogP contribution in [0.5, 0.6) is 0 Å². The first-order valence-corrected chi connectivity index (χ1v) is 8.68. The van der Waals surface area contributed by atoms with Crippen LogP contribution in [0.2, 0.25) is 0 Å². The van der Waals surface area contributed by atoms with Gasteiger partial charge < -0.3 is 10.6 Å². The predicted octanol–water partition coefficient (Wildman–Crippen LogP) is 2.42. The van der Waals surface area contributed by atoms with Crippen LogP contribution in [0.4, 0.5) is 0 Å². The second-order valence-electron chi connectivity index (χ2n) is 5.94. The normalized spacial score (nSPS) is 18.0. The molecule has 0 aromatic carbocycles. The molecule has 2 N–H and O–H groups in total. The maximum atomic E-state index is 11.0. The van der Waals surface area contributed by atoms with E-state index in [1.807, 2.05) is 11.3 Å². The summed E-state index contributed by atoms with van der Waals surface area (Å²) in [5.74, 6) is 0.790. The molecule has 1 aromatic rings.